The Labute approximate surface area is 152 Å². The molecule has 3 heterocycles. The van der Waals surface area contributed by atoms with Crippen molar-refractivity contribution in [1.82, 2.24) is 20.0 Å². The van der Waals surface area contributed by atoms with Gasteiger partial charge in [-0.05, 0) is 0 Å². The van der Waals surface area contributed by atoms with Crippen LogP contribution in [0.1, 0.15) is 12.8 Å². The number of hydrazine groups is 2. The van der Waals surface area contributed by atoms with Gasteiger partial charge in [-0.25, -0.2) is 20.0 Å². The Morgan fingerprint density at radius 2 is 1.00 bits per heavy atom. The highest BCUT2D eigenvalue weighted by atomic mass is 16.2. The van der Waals surface area contributed by atoms with E-state index >= 15 is 0 Å². The Morgan fingerprint density at radius 1 is 0.692 bits per heavy atom. The summed E-state index contributed by atoms with van der Waals surface area (Å²) in [5.41, 5.74) is 0. The molecule has 3 fully saturated rings. The Morgan fingerprint density at radius 3 is 1.23 bits per heavy atom. The molecule has 0 unspecified atom stereocenters. The average Bonchev–Trinajstić information content (AvgIpc) is 3.03. The number of piperazine rings is 1. The van der Waals surface area contributed by atoms with Crippen molar-refractivity contribution in [3.8, 4) is 0 Å². The number of imide groups is 2. The maximum Gasteiger partial charge on any atom is 0.302 e. The third kappa shape index (κ3) is 3.13. The second-order valence-corrected chi connectivity index (χ2v) is 7.61. The van der Waals surface area contributed by atoms with E-state index in [9.17, 15) is 19.2 Å². The number of hydrogen-bond acceptors (Lipinski definition) is 6. The molecular weight excluding hydrogens is 340 g/mol. The van der Waals surface area contributed by atoms with Crippen molar-refractivity contribution in [2.24, 2.45) is 0 Å². The molecule has 3 rings (SSSR count). The minimum absolute atomic E-state index is 0.149. The molecule has 0 bridgehead atoms. The molecule has 26 heavy (non-hydrogen) atoms. The van der Waals surface area contributed by atoms with Crippen LogP contribution in [0.25, 0.3) is 0 Å². The topological polar surface area (TPSA) is 90.1 Å². The van der Waals surface area contributed by atoms with E-state index in [1.54, 1.807) is 28.2 Å². The van der Waals surface area contributed by atoms with Gasteiger partial charge in [-0.15, -0.1) is 0 Å². The van der Waals surface area contributed by atoms with Crippen LogP contribution in [-0.4, -0.2) is 110 Å². The van der Waals surface area contributed by atoms with Gasteiger partial charge in [0.25, 0.3) is 11.8 Å². The Bertz CT molecular complexity index is 574. The molecular formula is C16H28N6O4+2. The first-order chi connectivity index (χ1) is 12.2. The summed E-state index contributed by atoms with van der Waals surface area (Å²) in [6.07, 6.45) is 0.466. The van der Waals surface area contributed by atoms with E-state index in [0.29, 0.717) is 26.2 Å². The molecule has 10 nitrogen and oxygen atoms in total. The largest absolute Gasteiger partial charge is 0.315 e. The molecule has 0 radical (unpaired) electrons. The van der Waals surface area contributed by atoms with E-state index in [0.717, 1.165) is 9.80 Å². The van der Waals surface area contributed by atoms with Crippen LogP contribution in [0.15, 0.2) is 0 Å². The van der Waals surface area contributed by atoms with Crippen molar-refractivity contribution in [2.45, 2.75) is 24.9 Å². The van der Waals surface area contributed by atoms with Crippen LogP contribution in [0.4, 0.5) is 0 Å². The second-order valence-electron chi connectivity index (χ2n) is 7.61. The van der Waals surface area contributed by atoms with Crippen LogP contribution >= 0.6 is 0 Å². The summed E-state index contributed by atoms with van der Waals surface area (Å²) in [5.74, 6) is -0.621. The first-order valence-corrected chi connectivity index (χ1v) is 8.99. The van der Waals surface area contributed by atoms with E-state index in [2.05, 4.69) is 0 Å². The molecule has 0 saturated carbocycles. The SMILES string of the molecule is CN(C)N1C(=O)C[C@@H]([NH+]2CC[NH+]([C@H]3CC(=O)N(N(C)C)C3=O)CC2)C1=O. The van der Waals surface area contributed by atoms with Gasteiger partial charge in [-0.1, -0.05) is 0 Å². The van der Waals surface area contributed by atoms with Gasteiger partial charge in [0.1, 0.15) is 26.2 Å². The Balaban J connectivity index is 1.60. The quantitative estimate of drug-likeness (QED) is 0.483. The summed E-state index contributed by atoms with van der Waals surface area (Å²) in [5, 5.41) is 5.49. The van der Waals surface area contributed by atoms with Gasteiger partial charge in [0.05, 0.1) is 12.8 Å². The van der Waals surface area contributed by atoms with Gasteiger partial charge in [-0.3, -0.25) is 19.2 Å². The summed E-state index contributed by atoms with van der Waals surface area (Å²) in [6.45, 7) is 2.83. The van der Waals surface area contributed by atoms with Gasteiger partial charge >= 0.3 is 11.8 Å². The number of carbonyl (C=O) groups is 4. The minimum Gasteiger partial charge on any atom is -0.315 e. The van der Waals surface area contributed by atoms with Crippen molar-refractivity contribution in [1.29, 1.82) is 0 Å². The molecule has 0 aromatic carbocycles. The predicted octanol–water partition coefficient (Wildman–Crippen LogP) is -5.02. The fourth-order valence-electron chi connectivity index (χ4n) is 4.31. The molecule has 3 aliphatic heterocycles. The van der Waals surface area contributed by atoms with E-state index in [4.69, 9.17) is 0 Å². The Hall–Kier alpha value is -1.88. The van der Waals surface area contributed by atoms with Crippen LogP contribution in [0, 0.1) is 0 Å². The minimum atomic E-state index is -0.342. The molecule has 0 aromatic rings. The lowest BCUT2D eigenvalue weighted by atomic mass is 10.1. The van der Waals surface area contributed by atoms with E-state index < -0.39 is 0 Å². The van der Waals surface area contributed by atoms with E-state index in [1.165, 1.54) is 20.0 Å². The first-order valence-electron chi connectivity index (χ1n) is 8.99. The van der Waals surface area contributed by atoms with Crippen LogP contribution < -0.4 is 9.80 Å². The maximum absolute atomic E-state index is 12.5. The molecule has 0 aromatic heterocycles. The molecule has 10 heteroatoms. The van der Waals surface area contributed by atoms with Gasteiger partial charge in [0.2, 0.25) is 0 Å². The third-order valence-corrected chi connectivity index (χ3v) is 5.56. The third-order valence-electron chi connectivity index (χ3n) is 5.56. The highest BCUT2D eigenvalue weighted by Crippen LogP contribution is 2.13. The second kappa shape index (κ2) is 7.03. The Kier molecular flexibility index (Phi) is 5.11. The standard InChI is InChI=1S/C16H26N6O4/c1-17(2)21-13(23)9-11(15(21)25)19-5-7-20(8-6-19)12-10-14(24)22(16(12)26)18(3)4/h11-12H,5-10H2,1-4H3/p+2/t11-,12+. The zero-order chi connectivity index (χ0) is 19.2. The van der Waals surface area contributed by atoms with E-state index in [1.807, 2.05) is 0 Å². The lowest BCUT2D eigenvalue weighted by Crippen LogP contribution is -3.31. The number of quaternary nitrogens is 2. The number of nitrogens with zero attached hydrogens (tertiary/aromatic N) is 4. The molecule has 4 amide bonds. The summed E-state index contributed by atoms with van der Waals surface area (Å²) in [6, 6.07) is -0.684. The zero-order valence-corrected chi connectivity index (χ0v) is 15.8. The monoisotopic (exact) mass is 368 g/mol. The number of carbonyl (C=O) groups excluding carboxylic acids is 4. The van der Waals surface area contributed by atoms with Gasteiger partial charge < -0.3 is 9.80 Å². The fourth-order valence-corrected chi connectivity index (χ4v) is 4.31. The van der Waals surface area contributed by atoms with Crippen molar-refractivity contribution in [3.05, 3.63) is 0 Å². The van der Waals surface area contributed by atoms with Gasteiger partial charge in [0.15, 0.2) is 12.1 Å². The highest BCUT2D eigenvalue weighted by Gasteiger charge is 2.50. The number of nitrogens with one attached hydrogen (secondary N) is 2. The van der Waals surface area contributed by atoms with Crippen LogP contribution in [0.3, 0.4) is 0 Å². The van der Waals surface area contributed by atoms with E-state index in [-0.39, 0.29) is 48.6 Å². The molecule has 3 saturated heterocycles. The normalized spacial score (nSPS) is 33.3. The smallest absolute Gasteiger partial charge is 0.302 e. The average molecular weight is 368 g/mol. The molecule has 3 aliphatic rings. The lowest BCUT2D eigenvalue weighted by Gasteiger charge is -2.34. The summed E-state index contributed by atoms with van der Waals surface area (Å²) in [4.78, 5) is 51.4. The molecule has 0 spiro atoms. The van der Waals surface area contributed by atoms with Gasteiger partial charge in [0, 0.05) is 28.2 Å². The molecule has 2 N–H and O–H groups in total. The molecule has 144 valence electrons. The van der Waals surface area contributed by atoms with Crippen LogP contribution in [0.2, 0.25) is 0 Å². The highest BCUT2D eigenvalue weighted by molar-refractivity contribution is 6.04. The zero-order valence-electron chi connectivity index (χ0n) is 15.8. The summed E-state index contributed by atoms with van der Waals surface area (Å²) >= 11 is 0. The number of rotatable bonds is 4. The maximum atomic E-state index is 12.5. The fraction of sp³-hybridized carbons (Fsp3) is 0.750. The number of amides is 4. The summed E-state index contributed by atoms with van der Waals surface area (Å²) in [7, 11) is 6.76. The lowest BCUT2D eigenvalue weighted by molar-refractivity contribution is -1.02. The van der Waals surface area contributed by atoms with Crippen LogP contribution in [-0.2, 0) is 19.2 Å². The van der Waals surface area contributed by atoms with Crippen molar-refractivity contribution < 1.29 is 29.0 Å². The van der Waals surface area contributed by atoms with Gasteiger partial charge in [-0.2, -0.15) is 0 Å². The van der Waals surface area contributed by atoms with Crippen molar-refractivity contribution in [2.75, 3.05) is 54.4 Å². The first kappa shape index (κ1) is 18.9. The molecule has 2 atom stereocenters. The predicted molar refractivity (Wildman–Crippen MR) is 89.3 cm³/mol. The van der Waals surface area contributed by atoms with Crippen LogP contribution in [0.5, 0.6) is 0 Å². The number of hydrogen-bond donors (Lipinski definition) is 2. The molecule has 0 aliphatic carbocycles. The van der Waals surface area contributed by atoms with Crippen molar-refractivity contribution in [3.63, 3.8) is 0 Å². The van der Waals surface area contributed by atoms with Crippen molar-refractivity contribution >= 4 is 23.6 Å². The summed E-state index contributed by atoms with van der Waals surface area (Å²) < 4.78 is 0.